The number of carbonyl (C=O) groups excluding carboxylic acids is 1. The van der Waals surface area contributed by atoms with Crippen molar-refractivity contribution in [3.05, 3.63) is 42.0 Å². The lowest BCUT2D eigenvalue weighted by molar-refractivity contribution is -0.115. The third-order valence-corrected chi connectivity index (χ3v) is 5.55. The SMILES string of the molecule is CCOc1ccc(-c2csc(NC(=O)C(C)Sc3nccn3C)n2)cc1. The first-order valence-electron chi connectivity index (χ1n) is 8.20. The van der Waals surface area contributed by atoms with Crippen molar-refractivity contribution in [1.29, 1.82) is 0 Å². The van der Waals surface area contributed by atoms with Crippen molar-refractivity contribution in [2.75, 3.05) is 11.9 Å². The Morgan fingerprint density at radius 1 is 1.38 bits per heavy atom. The number of hydrogen-bond donors (Lipinski definition) is 1. The Balaban J connectivity index is 1.62. The van der Waals surface area contributed by atoms with Crippen LogP contribution < -0.4 is 10.1 Å². The van der Waals surface area contributed by atoms with Gasteiger partial charge in [-0.2, -0.15) is 0 Å². The van der Waals surface area contributed by atoms with Gasteiger partial charge in [0.15, 0.2) is 10.3 Å². The maximum Gasteiger partial charge on any atom is 0.239 e. The van der Waals surface area contributed by atoms with Crippen LogP contribution in [0.15, 0.2) is 47.2 Å². The van der Waals surface area contributed by atoms with Crippen LogP contribution in [0.5, 0.6) is 5.75 Å². The summed E-state index contributed by atoms with van der Waals surface area (Å²) in [5.41, 5.74) is 1.82. The molecule has 136 valence electrons. The molecule has 2 heterocycles. The molecule has 0 spiro atoms. The zero-order valence-corrected chi connectivity index (χ0v) is 16.4. The Kier molecular flexibility index (Phi) is 5.95. The van der Waals surface area contributed by atoms with Gasteiger partial charge in [0, 0.05) is 30.4 Å². The second-order valence-electron chi connectivity index (χ2n) is 5.57. The maximum atomic E-state index is 12.4. The molecule has 8 heteroatoms. The smallest absolute Gasteiger partial charge is 0.239 e. The van der Waals surface area contributed by atoms with E-state index in [0.717, 1.165) is 22.2 Å². The predicted molar refractivity (Wildman–Crippen MR) is 106 cm³/mol. The summed E-state index contributed by atoms with van der Waals surface area (Å²) < 4.78 is 7.34. The molecule has 1 aromatic carbocycles. The van der Waals surface area contributed by atoms with Crippen LogP contribution in [-0.2, 0) is 11.8 Å². The fourth-order valence-electron chi connectivity index (χ4n) is 2.24. The van der Waals surface area contributed by atoms with Crippen LogP contribution in [0.2, 0.25) is 0 Å². The molecule has 1 unspecified atom stereocenters. The number of anilines is 1. The minimum atomic E-state index is -0.270. The largest absolute Gasteiger partial charge is 0.494 e. The van der Waals surface area contributed by atoms with Crippen LogP contribution in [-0.4, -0.2) is 32.3 Å². The summed E-state index contributed by atoms with van der Waals surface area (Å²) in [4.78, 5) is 21.1. The summed E-state index contributed by atoms with van der Waals surface area (Å²) in [7, 11) is 1.91. The third kappa shape index (κ3) is 4.44. The fourth-order valence-corrected chi connectivity index (χ4v) is 3.79. The average Bonchev–Trinajstić information content (AvgIpc) is 3.25. The van der Waals surface area contributed by atoms with Crippen molar-refractivity contribution in [2.24, 2.45) is 7.05 Å². The molecule has 26 heavy (non-hydrogen) atoms. The number of aryl methyl sites for hydroxylation is 1. The number of benzene rings is 1. The second-order valence-corrected chi connectivity index (χ2v) is 7.73. The van der Waals surface area contributed by atoms with Gasteiger partial charge in [0.2, 0.25) is 5.91 Å². The summed E-state index contributed by atoms with van der Waals surface area (Å²) in [6, 6.07) is 7.76. The number of carbonyl (C=O) groups is 1. The molecule has 3 rings (SSSR count). The van der Waals surface area contributed by atoms with Gasteiger partial charge in [0.05, 0.1) is 17.6 Å². The first-order valence-corrected chi connectivity index (χ1v) is 9.96. The molecular weight excluding hydrogens is 368 g/mol. The molecule has 1 amide bonds. The Labute approximate surface area is 160 Å². The monoisotopic (exact) mass is 388 g/mol. The molecule has 1 N–H and O–H groups in total. The summed E-state index contributed by atoms with van der Waals surface area (Å²) in [6.45, 7) is 4.45. The Bertz CT molecular complexity index is 873. The van der Waals surface area contributed by atoms with Crippen LogP contribution in [0.1, 0.15) is 13.8 Å². The van der Waals surface area contributed by atoms with Gasteiger partial charge in [0.25, 0.3) is 0 Å². The van der Waals surface area contributed by atoms with Crippen LogP contribution >= 0.6 is 23.1 Å². The highest BCUT2D eigenvalue weighted by atomic mass is 32.2. The predicted octanol–water partition coefficient (Wildman–Crippen LogP) is 4.06. The van der Waals surface area contributed by atoms with Gasteiger partial charge in [-0.15, -0.1) is 11.3 Å². The second kappa shape index (κ2) is 8.37. The van der Waals surface area contributed by atoms with E-state index < -0.39 is 0 Å². The van der Waals surface area contributed by atoms with Crippen LogP contribution in [0, 0.1) is 0 Å². The van der Waals surface area contributed by atoms with Gasteiger partial charge < -0.3 is 14.6 Å². The third-order valence-electron chi connectivity index (χ3n) is 3.62. The van der Waals surface area contributed by atoms with Gasteiger partial charge in [-0.3, -0.25) is 4.79 Å². The Morgan fingerprint density at radius 2 is 2.15 bits per heavy atom. The standard InChI is InChI=1S/C18H20N4O2S2/c1-4-24-14-7-5-13(6-8-14)15-11-25-17(20-15)21-16(23)12(2)26-18-19-9-10-22(18)3/h5-12H,4H2,1-3H3,(H,20,21,23). The number of nitrogens with zero attached hydrogens (tertiary/aromatic N) is 3. The molecule has 1 atom stereocenters. The molecule has 0 saturated heterocycles. The maximum absolute atomic E-state index is 12.4. The summed E-state index contributed by atoms with van der Waals surface area (Å²) in [6.07, 6.45) is 3.58. The summed E-state index contributed by atoms with van der Waals surface area (Å²) >= 11 is 2.83. The number of nitrogens with one attached hydrogen (secondary N) is 1. The van der Waals surface area contributed by atoms with Gasteiger partial charge in [-0.1, -0.05) is 11.8 Å². The highest BCUT2D eigenvalue weighted by Gasteiger charge is 2.18. The number of thiazole rings is 1. The van der Waals surface area contributed by atoms with E-state index in [1.165, 1.54) is 23.1 Å². The molecule has 0 saturated carbocycles. The van der Waals surface area contributed by atoms with Crippen molar-refractivity contribution in [3.63, 3.8) is 0 Å². The molecule has 0 aliphatic carbocycles. The molecule has 6 nitrogen and oxygen atoms in total. The molecular formula is C18H20N4O2S2. The van der Waals surface area contributed by atoms with Gasteiger partial charge in [-0.05, 0) is 38.1 Å². The van der Waals surface area contributed by atoms with E-state index in [4.69, 9.17) is 4.74 Å². The number of ether oxygens (including phenoxy) is 1. The van der Waals surface area contributed by atoms with E-state index in [1.807, 2.05) is 61.3 Å². The number of thioether (sulfide) groups is 1. The minimum absolute atomic E-state index is 0.0920. The molecule has 0 bridgehead atoms. The highest BCUT2D eigenvalue weighted by molar-refractivity contribution is 8.00. The number of aromatic nitrogens is 3. The minimum Gasteiger partial charge on any atom is -0.494 e. The topological polar surface area (TPSA) is 69.0 Å². The van der Waals surface area contributed by atoms with Crippen molar-refractivity contribution in [3.8, 4) is 17.0 Å². The van der Waals surface area contributed by atoms with Crippen LogP contribution in [0.4, 0.5) is 5.13 Å². The summed E-state index contributed by atoms with van der Waals surface area (Å²) in [5.74, 6) is 0.741. The van der Waals surface area contributed by atoms with E-state index in [9.17, 15) is 4.79 Å². The average molecular weight is 389 g/mol. The van der Waals surface area contributed by atoms with E-state index in [2.05, 4.69) is 15.3 Å². The molecule has 0 fully saturated rings. The number of rotatable bonds is 7. The molecule has 0 radical (unpaired) electrons. The first-order chi connectivity index (χ1) is 12.6. The van der Waals surface area contributed by atoms with Crippen molar-refractivity contribution >= 4 is 34.1 Å². The Hall–Kier alpha value is -2.32. The van der Waals surface area contributed by atoms with Gasteiger partial charge in [0.1, 0.15) is 5.75 Å². The lowest BCUT2D eigenvalue weighted by atomic mass is 10.2. The number of amides is 1. The van der Waals surface area contributed by atoms with Crippen molar-refractivity contribution < 1.29 is 9.53 Å². The first kappa shape index (κ1) is 18.5. The molecule has 2 aromatic heterocycles. The zero-order valence-electron chi connectivity index (χ0n) is 14.8. The van der Waals surface area contributed by atoms with Gasteiger partial charge in [-0.25, -0.2) is 9.97 Å². The number of imidazole rings is 1. The van der Waals surface area contributed by atoms with E-state index >= 15 is 0 Å². The molecule has 3 aromatic rings. The fraction of sp³-hybridized carbons (Fsp3) is 0.278. The van der Waals surface area contributed by atoms with E-state index in [0.29, 0.717) is 11.7 Å². The van der Waals surface area contributed by atoms with E-state index in [-0.39, 0.29) is 11.2 Å². The van der Waals surface area contributed by atoms with Crippen molar-refractivity contribution in [2.45, 2.75) is 24.3 Å². The van der Waals surface area contributed by atoms with Crippen LogP contribution in [0.25, 0.3) is 11.3 Å². The quantitative estimate of drug-likeness (QED) is 0.618. The molecule has 0 aliphatic heterocycles. The number of hydrogen-bond acceptors (Lipinski definition) is 6. The zero-order chi connectivity index (χ0) is 18.5. The molecule has 0 aliphatic rings. The van der Waals surface area contributed by atoms with Crippen molar-refractivity contribution in [1.82, 2.24) is 14.5 Å². The van der Waals surface area contributed by atoms with Gasteiger partial charge >= 0.3 is 0 Å². The van der Waals surface area contributed by atoms with E-state index in [1.54, 1.807) is 6.20 Å². The normalized spacial score (nSPS) is 12.0. The lowest BCUT2D eigenvalue weighted by Gasteiger charge is -2.09. The lowest BCUT2D eigenvalue weighted by Crippen LogP contribution is -2.22. The Morgan fingerprint density at radius 3 is 2.81 bits per heavy atom. The summed E-state index contributed by atoms with van der Waals surface area (Å²) in [5, 5.41) is 5.94. The van der Waals surface area contributed by atoms with Crippen LogP contribution in [0.3, 0.4) is 0 Å². The highest BCUT2D eigenvalue weighted by Crippen LogP contribution is 2.28.